The maximum atomic E-state index is 11.4. The second-order valence-electron chi connectivity index (χ2n) is 4.13. The van der Waals surface area contributed by atoms with Gasteiger partial charge in [0, 0.05) is 11.8 Å². The van der Waals surface area contributed by atoms with Crippen molar-refractivity contribution in [2.75, 3.05) is 6.61 Å². The van der Waals surface area contributed by atoms with Gasteiger partial charge >= 0.3 is 5.97 Å². The largest absolute Gasteiger partial charge is 0.465 e. The molecule has 0 heterocycles. The second kappa shape index (κ2) is 2.96. The van der Waals surface area contributed by atoms with E-state index in [1.165, 1.54) is 0 Å². The zero-order valence-corrected chi connectivity index (χ0v) is 8.33. The van der Waals surface area contributed by atoms with Crippen LogP contribution in [0.2, 0.25) is 0 Å². The predicted octanol–water partition coefficient (Wildman–Crippen LogP) is 0.0378. The number of carbonyl (C=O) groups excluding carboxylic acids is 1. The van der Waals surface area contributed by atoms with Gasteiger partial charge in [0.15, 0.2) is 0 Å². The molecular weight excluding hydrogens is 170 g/mol. The Hall–Kier alpha value is -0.610. The SMILES string of the molecule is CCOC(=O)C1(N)CC(O)C1(C)C. The lowest BCUT2D eigenvalue weighted by molar-refractivity contribution is -0.180. The molecule has 0 saturated heterocycles. The summed E-state index contributed by atoms with van der Waals surface area (Å²) >= 11 is 0. The van der Waals surface area contributed by atoms with Crippen LogP contribution < -0.4 is 5.73 Å². The first kappa shape index (κ1) is 10.5. The lowest BCUT2D eigenvalue weighted by Gasteiger charge is -2.55. The van der Waals surface area contributed by atoms with Gasteiger partial charge in [-0.1, -0.05) is 13.8 Å². The van der Waals surface area contributed by atoms with Crippen LogP contribution >= 0.6 is 0 Å². The molecule has 0 amide bonds. The van der Waals surface area contributed by atoms with E-state index >= 15 is 0 Å². The van der Waals surface area contributed by atoms with E-state index in [0.29, 0.717) is 13.0 Å². The molecule has 1 fully saturated rings. The maximum absolute atomic E-state index is 11.4. The highest BCUT2D eigenvalue weighted by Gasteiger charge is 2.62. The summed E-state index contributed by atoms with van der Waals surface area (Å²) in [6, 6.07) is 0. The lowest BCUT2D eigenvalue weighted by atomic mass is 9.55. The van der Waals surface area contributed by atoms with E-state index in [0.717, 1.165) is 0 Å². The number of rotatable bonds is 2. The molecule has 0 spiro atoms. The first-order valence-corrected chi connectivity index (χ1v) is 4.50. The highest BCUT2D eigenvalue weighted by atomic mass is 16.5. The van der Waals surface area contributed by atoms with Crippen LogP contribution in [0.4, 0.5) is 0 Å². The third-order valence-electron chi connectivity index (χ3n) is 3.14. The summed E-state index contributed by atoms with van der Waals surface area (Å²) in [6.45, 7) is 5.61. The Morgan fingerprint density at radius 3 is 2.54 bits per heavy atom. The second-order valence-corrected chi connectivity index (χ2v) is 4.13. The van der Waals surface area contributed by atoms with Crippen molar-refractivity contribution in [3.8, 4) is 0 Å². The van der Waals surface area contributed by atoms with Crippen molar-refractivity contribution in [2.45, 2.75) is 38.8 Å². The summed E-state index contributed by atoms with van der Waals surface area (Å²) < 4.78 is 4.86. The van der Waals surface area contributed by atoms with Gasteiger partial charge in [-0.15, -0.1) is 0 Å². The van der Waals surface area contributed by atoms with E-state index in [9.17, 15) is 9.90 Å². The Bertz CT molecular complexity index is 227. The zero-order chi connectivity index (χ0) is 10.3. The van der Waals surface area contributed by atoms with Gasteiger partial charge in [-0.2, -0.15) is 0 Å². The summed E-state index contributed by atoms with van der Waals surface area (Å²) in [4.78, 5) is 11.4. The monoisotopic (exact) mass is 187 g/mol. The molecule has 2 atom stereocenters. The number of aliphatic hydroxyl groups excluding tert-OH is 1. The number of hydrogen-bond acceptors (Lipinski definition) is 4. The molecule has 0 bridgehead atoms. The Balaban J connectivity index is 2.74. The quantitative estimate of drug-likeness (QED) is 0.598. The fourth-order valence-electron chi connectivity index (χ4n) is 1.60. The topological polar surface area (TPSA) is 72.5 Å². The summed E-state index contributed by atoms with van der Waals surface area (Å²) in [6.07, 6.45) is -0.222. The molecule has 4 nitrogen and oxygen atoms in total. The van der Waals surface area contributed by atoms with E-state index < -0.39 is 23.0 Å². The van der Waals surface area contributed by atoms with E-state index in [2.05, 4.69) is 0 Å². The van der Waals surface area contributed by atoms with Crippen molar-refractivity contribution >= 4 is 5.97 Å². The molecule has 1 rings (SSSR count). The number of ether oxygens (including phenoxy) is 1. The third-order valence-corrected chi connectivity index (χ3v) is 3.14. The van der Waals surface area contributed by atoms with Crippen molar-refractivity contribution in [3.63, 3.8) is 0 Å². The molecule has 1 saturated carbocycles. The van der Waals surface area contributed by atoms with Crippen LogP contribution in [0.1, 0.15) is 27.2 Å². The minimum Gasteiger partial charge on any atom is -0.465 e. The molecule has 13 heavy (non-hydrogen) atoms. The molecule has 0 aromatic carbocycles. The molecular formula is C9H17NO3. The number of aliphatic hydroxyl groups is 1. The van der Waals surface area contributed by atoms with Crippen LogP contribution in [0.3, 0.4) is 0 Å². The Kier molecular flexibility index (Phi) is 2.38. The molecule has 3 N–H and O–H groups in total. The smallest absolute Gasteiger partial charge is 0.326 e. The average molecular weight is 187 g/mol. The van der Waals surface area contributed by atoms with Gasteiger partial charge in [-0.05, 0) is 6.92 Å². The first-order valence-electron chi connectivity index (χ1n) is 4.50. The molecule has 0 aromatic heterocycles. The van der Waals surface area contributed by atoms with Crippen LogP contribution in [0.15, 0.2) is 0 Å². The van der Waals surface area contributed by atoms with Crippen LogP contribution in [0, 0.1) is 5.41 Å². The summed E-state index contributed by atoms with van der Waals surface area (Å²) in [5, 5.41) is 9.44. The van der Waals surface area contributed by atoms with E-state index in [-0.39, 0.29) is 0 Å². The minimum atomic E-state index is -1.01. The molecule has 1 aliphatic rings. The molecule has 0 aromatic rings. The third kappa shape index (κ3) is 1.25. The van der Waals surface area contributed by atoms with Crippen LogP contribution in [-0.2, 0) is 9.53 Å². The molecule has 1 aliphatic carbocycles. The van der Waals surface area contributed by atoms with Gasteiger partial charge in [0.05, 0.1) is 12.7 Å². The van der Waals surface area contributed by atoms with Crippen LogP contribution in [0.5, 0.6) is 0 Å². The standard InChI is InChI=1S/C9H17NO3/c1-4-13-7(12)9(10)5-6(11)8(9,2)3/h6,11H,4-5,10H2,1-3H3. The highest BCUT2D eigenvalue weighted by Crippen LogP contribution is 2.48. The van der Waals surface area contributed by atoms with Gasteiger partial charge in [0.2, 0.25) is 0 Å². The van der Waals surface area contributed by atoms with Crippen molar-refractivity contribution < 1.29 is 14.6 Å². The van der Waals surface area contributed by atoms with Crippen molar-refractivity contribution in [2.24, 2.45) is 11.1 Å². The summed E-state index contributed by atoms with van der Waals surface area (Å²) in [7, 11) is 0. The van der Waals surface area contributed by atoms with Gasteiger partial charge in [-0.25, -0.2) is 0 Å². The van der Waals surface area contributed by atoms with E-state index in [1.807, 2.05) is 0 Å². The van der Waals surface area contributed by atoms with Gasteiger partial charge < -0.3 is 15.6 Å². The summed E-state index contributed by atoms with van der Waals surface area (Å²) in [5.41, 5.74) is 4.27. The fourth-order valence-corrected chi connectivity index (χ4v) is 1.60. The molecule has 4 heteroatoms. The van der Waals surface area contributed by atoms with Crippen molar-refractivity contribution in [1.82, 2.24) is 0 Å². The van der Waals surface area contributed by atoms with Crippen LogP contribution in [0.25, 0.3) is 0 Å². The minimum absolute atomic E-state index is 0.291. The van der Waals surface area contributed by atoms with Gasteiger partial charge in [0.25, 0.3) is 0 Å². The van der Waals surface area contributed by atoms with Gasteiger partial charge in [-0.3, -0.25) is 4.79 Å². The molecule has 0 aliphatic heterocycles. The molecule has 0 radical (unpaired) electrons. The normalized spacial score (nSPS) is 36.5. The molecule has 2 unspecified atom stereocenters. The number of nitrogens with two attached hydrogens (primary N) is 1. The van der Waals surface area contributed by atoms with Crippen molar-refractivity contribution in [1.29, 1.82) is 0 Å². The number of hydrogen-bond donors (Lipinski definition) is 2. The summed E-state index contributed by atoms with van der Waals surface area (Å²) in [5.74, 6) is -0.412. The zero-order valence-electron chi connectivity index (χ0n) is 8.33. The van der Waals surface area contributed by atoms with E-state index in [4.69, 9.17) is 10.5 Å². The Morgan fingerprint density at radius 2 is 2.23 bits per heavy atom. The van der Waals surface area contributed by atoms with Crippen molar-refractivity contribution in [3.05, 3.63) is 0 Å². The Morgan fingerprint density at radius 1 is 1.69 bits per heavy atom. The fraction of sp³-hybridized carbons (Fsp3) is 0.889. The van der Waals surface area contributed by atoms with E-state index in [1.54, 1.807) is 20.8 Å². The number of esters is 1. The first-order chi connectivity index (χ1) is 5.86. The van der Waals surface area contributed by atoms with Crippen LogP contribution in [-0.4, -0.2) is 29.3 Å². The lowest BCUT2D eigenvalue weighted by Crippen LogP contribution is -2.73. The Labute approximate surface area is 78.1 Å². The highest BCUT2D eigenvalue weighted by molar-refractivity contribution is 5.83. The molecule has 76 valence electrons. The predicted molar refractivity (Wildman–Crippen MR) is 48.0 cm³/mol. The average Bonchev–Trinajstić information content (AvgIpc) is 2.04. The maximum Gasteiger partial charge on any atom is 0.326 e. The number of carbonyl (C=O) groups is 1. The van der Waals surface area contributed by atoms with Gasteiger partial charge in [0.1, 0.15) is 5.54 Å².